The average Bonchev–Trinajstić information content (AvgIpc) is 0.761. The Morgan fingerprint density at radius 1 is 0.326 bits per heavy atom. The smallest absolute Gasteiger partial charge is 0.397 e. The van der Waals surface area contributed by atoms with Crippen LogP contribution in [-0.4, -0.2) is 360 Å². The molecule has 7 fully saturated rings. The number of hydrogen-bond acceptors (Lipinski definition) is 51. The summed E-state index contributed by atoms with van der Waals surface area (Å²) in [5.41, 5.74) is 0. The fourth-order valence-electron chi connectivity index (χ4n) is 14.6. The minimum absolute atomic E-state index is 0.777. The summed E-state index contributed by atoms with van der Waals surface area (Å²) in [5, 5.41) is 21.4. The molecule has 7 saturated heterocycles. The predicted octanol–water partition coefficient (Wildman–Crippen LogP) is -5.44. The van der Waals surface area contributed by atoms with Crippen molar-refractivity contribution >= 4 is 141 Å². The second-order valence-electron chi connectivity index (χ2n) is 28.8. The van der Waals surface area contributed by atoms with Crippen LogP contribution in [0.5, 0.6) is 0 Å². The molecule has 758 valence electrons. The summed E-state index contributed by atoms with van der Waals surface area (Å²) in [6.45, 7) is 3.35. The van der Waals surface area contributed by atoms with E-state index < -0.39 is 393 Å². The van der Waals surface area contributed by atoms with Gasteiger partial charge in [-0.3, -0.25) is 54.6 Å². The molecule has 14 N–H and O–H groups in total. The van der Waals surface area contributed by atoms with Gasteiger partial charge in [-0.15, -0.1) is 17.3 Å². The molecule has 0 amide bonds. The van der Waals surface area contributed by atoms with E-state index in [-0.39, 0.29) is 0 Å². The van der Waals surface area contributed by atoms with Gasteiger partial charge >= 0.3 is 141 Å². The van der Waals surface area contributed by atoms with E-state index in [0.717, 1.165) is 34.6 Å². The van der Waals surface area contributed by atoms with Crippen molar-refractivity contribution in [3.8, 4) is 0 Å². The maximum atomic E-state index is 13.6. The summed E-state index contributed by atoms with van der Waals surface area (Å²) in [6.07, 6.45) is -62.0. The SMILES string of the molecule is CC1C(C)[C@H](O[C@@H]2OC(COOS(=O)O)[C@H](O[C@@H]3OC(COOS(=O)O)[C@H](OS(=O)(=O)O)[C@H](C)C3OS(=O)(=O)O)[C@H](C)C2OS(=O)(=O)O)C(COS(=O)(=O)O)O[C@@H]1O[C@@H]1C(C(=O)O)O[C@H](O[C@H]2C(COOS(=O)O)O[C@@H](OC(C)[C@@H]3CC(C(=O)O)O[C@H](O[C@@H]4C(COS(=O)(=O)O)O[C@H](C)C(OOS(=O)O)C4OS(=O)(=O)O)C3C)C(OS(=O)(=O)O)[C@H]2OS(=O)(=O)O)C(C)C1C. The fraction of sp³-hybridized carbons (Fsp3) is 0.962. The van der Waals surface area contributed by atoms with E-state index in [0.29, 0.717) is 0 Å². The lowest BCUT2D eigenvalue weighted by molar-refractivity contribution is -0.379. The maximum Gasteiger partial charge on any atom is 0.397 e. The molecule has 0 aromatic carbocycles. The molecule has 0 aromatic rings. The molecule has 7 heterocycles. The highest BCUT2D eigenvalue weighted by Gasteiger charge is 2.61. The first kappa shape index (κ1) is 113. The van der Waals surface area contributed by atoms with Gasteiger partial charge in [0.25, 0.3) is 0 Å². The fourth-order valence-corrected chi connectivity index (χ4v) is 18.9. The molecule has 0 aliphatic carbocycles. The van der Waals surface area contributed by atoms with Gasteiger partial charge in [-0.2, -0.15) is 84.2 Å². The number of carboxylic acid groups (broad SMARTS) is 2. The number of carbonyl (C=O) groups is 2. The first-order chi connectivity index (χ1) is 59.1. The van der Waals surface area contributed by atoms with Crippen molar-refractivity contribution in [3.05, 3.63) is 0 Å². The monoisotopic (exact) mass is 2140 g/mol. The van der Waals surface area contributed by atoms with Crippen LogP contribution in [0.25, 0.3) is 0 Å². The van der Waals surface area contributed by atoms with E-state index >= 15 is 0 Å². The summed E-state index contributed by atoms with van der Waals surface area (Å²) < 4.78 is 496. The van der Waals surface area contributed by atoms with E-state index in [2.05, 4.69) is 34.8 Å². The molecule has 129 heavy (non-hydrogen) atoms. The topological polar surface area (TPSA) is 926 Å². The van der Waals surface area contributed by atoms with Crippen molar-refractivity contribution < 1.29 is 291 Å². The van der Waals surface area contributed by atoms with E-state index in [1.807, 2.05) is 0 Å². The Morgan fingerprint density at radius 2 is 0.643 bits per heavy atom. The van der Waals surface area contributed by atoms with E-state index in [1.165, 1.54) is 27.7 Å². The summed E-state index contributed by atoms with van der Waals surface area (Å²) in [6, 6.07) is 0. The standard InChI is InChI=1S/C52H88O65S12/c1-16-18(3)47(97-30(14-92-122(65,66)67)32(16)101-50-36(109-125(74,75)76)21(6)33(27(98-50)11-89-114-118(57)58)102-51-37(110-126(77,78)79)22(7)34(108-124(71,72)73)28(99-51)12-90-115-119(59)60)103-35-17(2)19(4)48(106-43(35)46(55)56)104-39-29(13-91-116-120(61)62)100-52(44(113-129(86,87)88)42(39)112-128(83,84)85)95-23(8)25-10-26(45(53)54)96-49(20(25)5)105-40-31(15-93-123(68,69)70)94-24(9)38(107-117-121(63)64)41(40)111-127(80,81)82/h16-44,47-52H,10-15H2,1-9H3,(H,53,54)(H,55,56)(H,57,58)(H,59,60)(H,61,62)(H,63,64)(H,65,66,67)(H,68,69,70)(H,71,72,73)(H,74,75,76)(H,77,78,79)(H,80,81,82)(H,83,84,85)(H,86,87,88)/t16?,17?,18?,19?,20?,21-,22-,23?,24+,25+,26?,27?,28?,29?,30?,31?,32-,33+,34+,35-,36?,37?,38?,39-,40+,41?,42-,43?,44?,47+,48-,49+,50-,51-,52+/m0/s1. The lowest BCUT2D eigenvalue weighted by Gasteiger charge is -2.51. The molecule has 7 rings (SSSR count). The van der Waals surface area contributed by atoms with Gasteiger partial charge in [0.1, 0.15) is 99.2 Å². The Labute approximate surface area is 741 Å². The highest BCUT2D eigenvalue weighted by atomic mass is 32.3. The van der Waals surface area contributed by atoms with Gasteiger partial charge in [0.2, 0.25) is 0 Å². The van der Waals surface area contributed by atoms with Crippen LogP contribution < -0.4 is 0 Å². The van der Waals surface area contributed by atoms with Crippen LogP contribution in [-0.2, 0) is 270 Å². The van der Waals surface area contributed by atoms with Gasteiger partial charge in [0, 0.05) is 29.6 Å². The van der Waals surface area contributed by atoms with Gasteiger partial charge in [0.15, 0.2) is 62.2 Å². The first-order valence-corrected chi connectivity index (χ1v) is 50.9. The zero-order valence-corrected chi connectivity index (χ0v) is 76.2. The van der Waals surface area contributed by atoms with Crippen molar-refractivity contribution in [1.29, 1.82) is 0 Å². The zero-order valence-electron chi connectivity index (χ0n) is 66.4. The van der Waals surface area contributed by atoms with Crippen molar-refractivity contribution in [3.63, 3.8) is 0 Å². The van der Waals surface area contributed by atoms with Gasteiger partial charge < -0.3 is 71.8 Å². The lowest BCUT2D eigenvalue weighted by Crippen LogP contribution is -2.65. The van der Waals surface area contributed by atoms with Crippen LogP contribution in [0.4, 0.5) is 0 Å². The number of rotatable bonds is 48. The molecular weight excluding hydrogens is 2050 g/mol. The molecule has 0 aromatic heterocycles. The lowest BCUT2D eigenvalue weighted by atomic mass is 9.81. The highest BCUT2D eigenvalue weighted by molar-refractivity contribution is 7.82. The maximum absolute atomic E-state index is 13.6. The molecule has 39 atom stereocenters. The van der Waals surface area contributed by atoms with Gasteiger partial charge in [0.05, 0.1) is 37.6 Å². The molecular formula is C52H88O65S12. The summed E-state index contributed by atoms with van der Waals surface area (Å²) >= 11 is -13.3. The Hall–Kier alpha value is -2.50. The Morgan fingerprint density at radius 3 is 1.05 bits per heavy atom. The third kappa shape index (κ3) is 34.8. The van der Waals surface area contributed by atoms with Crippen molar-refractivity contribution in [2.75, 3.05) is 33.0 Å². The first-order valence-electron chi connectivity index (χ1n) is 35.9. The molecule has 77 heteroatoms. The molecule has 22 unspecified atom stereocenters. The molecule has 7 aliphatic rings. The quantitative estimate of drug-likeness (QED) is 0.0117. The minimum atomic E-state index is -6.14. The highest BCUT2D eigenvalue weighted by Crippen LogP contribution is 2.47. The summed E-state index contributed by atoms with van der Waals surface area (Å²) in [5.74, 6) is -16.3. The summed E-state index contributed by atoms with van der Waals surface area (Å²) in [4.78, 5) is 45.6. The van der Waals surface area contributed by atoms with Crippen LogP contribution in [0.3, 0.4) is 0 Å². The van der Waals surface area contributed by atoms with Crippen LogP contribution in [0.2, 0.25) is 0 Å². The van der Waals surface area contributed by atoms with E-state index in [9.17, 15) is 154 Å². The Bertz CT molecular complexity index is 4800. The average molecular weight is 2140 g/mol. The van der Waals surface area contributed by atoms with Crippen LogP contribution >= 0.6 is 0 Å². The van der Waals surface area contributed by atoms with Gasteiger partial charge in [-0.25, -0.2) is 62.6 Å². The third-order valence-corrected chi connectivity index (χ3v) is 24.9. The number of carboxylic acids is 2. The molecule has 0 bridgehead atoms. The van der Waals surface area contributed by atoms with E-state index in [1.54, 1.807) is 0 Å². The molecule has 0 saturated carbocycles. The Balaban J connectivity index is 1.21. The number of hydrogen-bond donors (Lipinski definition) is 14. The van der Waals surface area contributed by atoms with E-state index in [4.69, 9.17) is 102 Å². The second kappa shape index (κ2) is 47.0. The third-order valence-electron chi connectivity index (χ3n) is 20.4. The Kier molecular flexibility index (Phi) is 41.3. The van der Waals surface area contributed by atoms with Crippen molar-refractivity contribution in [2.24, 2.45) is 47.3 Å². The molecule has 0 radical (unpaired) electrons. The summed E-state index contributed by atoms with van der Waals surface area (Å²) in [7, 11) is -46.3. The van der Waals surface area contributed by atoms with Gasteiger partial charge in [-0.1, -0.05) is 48.5 Å². The molecule has 65 nitrogen and oxygen atoms in total. The van der Waals surface area contributed by atoms with Gasteiger partial charge in [-0.05, 0) is 38.0 Å². The predicted molar refractivity (Wildman–Crippen MR) is 392 cm³/mol. The number of aliphatic carboxylic acids is 2. The second-order valence-corrected chi connectivity index (χ2v) is 39.6. The zero-order chi connectivity index (χ0) is 97.4. The molecule has 0 spiro atoms. The van der Waals surface area contributed by atoms with Crippen molar-refractivity contribution in [2.45, 2.75) is 235 Å². The molecule has 7 aliphatic heterocycles. The van der Waals surface area contributed by atoms with Crippen molar-refractivity contribution in [1.82, 2.24) is 0 Å². The largest absolute Gasteiger partial charge is 0.479 e. The van der Waals surface area contributed by atoms with Crippen LogP contribution in [0, 0.1) is 47.3 Å². The van der Waals surface area contributed by atoms with Crippen LogP contribution in [0.15, 0.2) is 0 Å². The number of ether oxygens (including phenoxy) is 13. The minimum Gasteiger partial charge on any atom is -0.479 e. The van der Waals surface area contributed by atoms with Crippen LogP contribution in [0.1, 0.15) is 68.7 Å². The normalized spacial score (nSPS) is 38.7.